The lowest BCUT2D eigenvalue weighted by molar-refractivity contribution is 0.506. The summed E-state index contributed by atoms with van der Waals surface area (Å²) in [6, 6.07) is 11.4. The summed E-state index contributed by atoms with van der Waals surface area (Å²) in [7, 11) is 0. The minimum Gasteiger partial charge on any atom is -0.449 e. The van der Waals surface area contributed by atoms with Gasteiger partial charge in [0.2, 0.25) is 5.76 Å². The zero-order valence-electron chi connectivity index (χ0n) is 9.47. The number of aromatic nitrogens is 2. The highest BCUT2D eigenvalue weighted by Gasteiger charge is 2.02. The molecular formula is C13H10N4O. The van der Waals surface area contributed by atoms with Crippen LogP contribution >= 0.6 is 0 Å². The number of hydrogen-bond acceptors (Lipinski definition) is 4. The van der Waals surface area contributed by atoms with Crippen LogP contribution in [-0.4, -0.2) is 10.2 Å². The van der Waals surface area contributed by atoms with E-state index in [0.717, 1.165) is 22.4 Å². The zero-order valence-corrected chi connectivity index (χ0v) is 9.47. The Hall–Kier alpha value is -2.74. The highest BCUT2D eigenvalue weighted by atomic mass is 16.3. The number of anilines is 1. The Kier molecular flexibility index (Phi) is 2.47. The van der Waals surface area contributed by atoms with Gasteiger partial charge in [-0.3, -0.25) is 5.10 Å². The highest BCUT2D eigenvalue weighted by Crippen LogP contribution is 2.17. The Morgan fingerprint density at radius 3 is 3.11 bits per heavy atom. The number of furan rings is 1. The first-order valence-electron chi connectivity index (χ1n) is 5.51. The van der Waals surface area contributed by atoms with Gasteiger partial charge in [-0.25, -0.2) is 0 Å². The molecule has 88 valence electrons. The van der Waals surface area contributed by atoms with Crippen molar-refractivity contribution in [2.24, 2.45) is 0 Å². The molecule has 0 radical (unpaired) electrons. The van der Waals surface area contributed by atoms with Gasteiger partial charge in [0.1, 0.15) is 11.8 Å². The van der Waals surface area contributed by atoms with Crippen LogP contribution in [0.25, 0.3) is 10.9 Å². The van der Waals surface area contributed by atoms with Crippen molar-refractivity contribution in [2.75, 3.05) is 5.32 Å². The summed E-state index contributed by atoms with van der Waals surface area (Å²) in [4.78, 5) is 0. The lowest BCUT2D eigenvalue weighted by Crippen LogP contribution is -1.97. The second kappa shape index (κ2) is 4.26. The van der Waals surface area contributed by atoms with Crippen LogP contribution in [0, 0.1) is 11.3 Å². The van der Waals surface area contributed by atoms with Crippen LogP contribution < -0.4 is 5.32 Å². The van der Waals surface area contributed by atoms with Gasteiger partial charge >= 0.3 is 0 Å². The molecule has 0 amide bonds. The zero-order chi connectivity index (χ0) is 12.4. The van der Waals surface area contributed by atoms with Gasteiger partial charge < -0.3 is 9.73 Å². The third kappa shape index (κ3) is 1.92. The summed E-state index contributed by atoms with van der Waals surface area (Å²) in [5.74, 6) is 1.06. The largest absolute Gasteiger partial charge is 0.449 e. The smallest absolute Gasteiger partial charge is 0.203 e. The predicted molar refractivity (Wildman–Crippen MR) is 66.8 cm³/mol. The number of fused-ring (bicyclic) bond motifs is 1. The average Bonchev–Trinajstić information content (AvgIpc) is 3.04. The van der Waals surface area contributed by atoms with E-state index in [9.17, 15) is 0 Å². The van der Waals surface area contributed by atoms with Crippen molar-refractivity contribution < 1.29 is 4.42 Å². The minimum absolute atomic E-state index is 0.329. The molecule has 2 heterocycles. The molecular weight excluding hydrogens is 228 g/mol. The quantitative estimate of drug-likeness (QED) is 0.735. The third-order valence-electron chi connectivity index (χ3n) is 2.68. The molecule has 1 aromatic carbocycles. The van der Waals surface area contributed by atoms with Crippen LogP contribution in [0.1, 0.15) is 11.5 Å². The minimum atomic E-state index is 0.329. The number of benzene rings is 1. The van der Waals surface area contributed by atoms with Gasteiger partial charge in [0.05, 0.1) is 18.3 Å². The molecule has 0 aliphatic heterocycles. The number of H-pyrrole nitrogens is 1. The van der Waals surface area contributed by atoms with Crippen molar-refractivity contribution in [3.8, 4) is 6.07 Å². The van der Waals surface area contributed by atoms with Crippen molar-refractivity contribution in [3.63, 3.8) is 0 Å². The fourth-order valence-electron chi connectivity index (χ4n) is 1.77. The first kappa shape index (κ1) is 10.4. The lowest BCUT2D eigenvalue weighted by atomic mass is 10.2. The van der Waals surface area contributed by atoms with E-state index in [1.54, 1.807) is 18.3 Å². The molecule has 0 aliphatic carbocycles. The number of nitriles is 1. The van der Waals surface area contributed by atoms with Gasteiger partial charge in [-0.2, -0.15) is 10.4 Å². The van der Waals surface area contributed by atoms with E-state index >= 15 is 0 Å². The van der Waals surface area contributed by atoms with E-state index < -0.39 is 0 Å². The van der Waals surface area contributed by atoms with Crippen molar-refractivity contribution in [1.82, 2.24) is 10.2 Å². The van der Waals surface area contributed by atoms with E-state index in [-0.39, 0.29) is 0 Å². The molecule has 0 atom stereocenters. The second-order valence-electron chi connectivity index (χ2n) is 3.90. The van der Waals surface area contributed by atoms with Crippen LogP contribution in [0.2, 0.25) is 0 Å². The van der Waals surface area contributed by atoms with E-state index in [1.165, 1.54) is 0 Å². The molecule has 0 aliphatic rings. The molecule has 2 aromatic heterocycles. The first-order valence-corrected chi connectivity index (χ1v) is 5.51. The Morgan fingerprint density at radius 1 is 1.33 bits per heavy atom. The van der Waals surface area contributed by atoms with Gasteiger partial charge in [0.25, 0.3) is 0 Å². The number of hydrogen-bond donors (Lipinski definition) is 2. The summed E-state index contributed by atoms with van der Waals surface area (Å²) in [5, 5.41) is 19.8. The van der Waals surface area contributed by atoms with Crippen molar-refractivity contribution in [1.29, 1.82) is 5.26 Å². The van der Waals surface area contributed by atoms with E-state index in [0.29, 0.717) is 12.3 Å². The monoisotopic (exact) mass is 238 g/mol. The maximum Gasteiger partial charge on any atom is 0.203 e. The summed E-state index contributed by atoms with van der Waals surface area (Å²) >= 11 is 0. The lowest BCUT2D eigenvalue weighted by Gasteiger charge is -2.03. The number of aromatic amines is 1. The molecule has 5 heteroatoms. The first-order chi connectivity index (χ1) is 8.85. The summed E-state index contributed by atoms with van der Waals surface area (Å²) in [6.07, 6.45) is 1.78. The maximum atomic E-state index is 8.66. The van der Waals surface area contributed by atoms with Gasteiger partial charge in [-0.1, -0.05) is 0 Å². The number of rotatable bonds is 3. The van der Waals surface area contributed by atoms with Gasteiger partial charge in [0.15, 0.2) is 0 Å². The van der Waals surface area contributed by atoms with E-state index in [2.05, 4.69) is 15.5 Å². The molecule has 2 N–H and O–H groups in total. The molecule has 0 fully saturated rings. The Morgan fingerprint density at radius 2 is 2.28 bits per heavy atom. The fourth-order valence-corrected chi connectivity index (χ4v) is 1.77. The standard InChI is InChI=1S/C13H10N4O/c14-6-11-3-4-12(18-11)8-15-10-2-1-9-7-16-17-13(9)5-10/h1-5,7,15H,8H2,(H,16,17). The van der Waals surface area contributed by atoms with Gasteiger partial charge in [-0.15, -0.1) is 0 Å². The fraction of sp³-hybridized carbons (Fsp3) is 0.0769. The highest BCUT2D eigenvalue weighted by molar-refractivity contribution is 5.81. The van der Waals surface area contributed by atoms with Crippen molar-refractivity contribution >= 4 is 16.6 Å². The van der Waals surface area contributed by atoms with Crippen LogP contribution in [0.5, 0.6) is 0 Å². The Balaban J connectivity index is 1.74. The third-order valence-corrected chi connectivity index (χ3v) is 2.68. The Bertz CT molecular complexity index is 720. The topological polar surface area (TPSA) is 77.6 Å². The average molecular weight is 238 g/mol. The maximum absolute atomic E-state index is 8.66. The molecule has 0 unspecified atom stereocenters. The number of nitrogens with zero attached hydrogens (tertiary/aromatic N) is 2. The molecule has 5 nitrogen and oxygen atoms in total. The summed E-state index contributed by atoms with van der Waals surface area (Å²) in [6.45, 7) is 0.543. The summed E-state index contributed by atoms with van der Waals surface area (Å²) < 4.78 is 5.28. The normalized spacial score (nSPS) is 10.4. The van der Waals surface area contributed by atoms with Crippen LogP contribution in [0.4, 0.5) is 5.69 Å². The molecule has 0 saturated carbocycles. The predicted octanol–water partition coefficient (Wildman–Crippen LogP) is 2.64. The SMILES string of the molecule is N#Cc1ccc(CNc2ccc3cn[nH]c3c2)o1. The van der Waals surface area contributed by atoms with Gasteiger partial charge in [-0.05, 0) is 30.3 Å². The molecule has 3 aromatic rings. The van der Waals surface area contributed by atoms with Crippen LogP contribution in [0.15, 0.2) is 40.9 Å². The Labute approximate surface area is 103 Å². The molecule has 0 saturated heterocycles. The van der Waals surface area contributed by atoms with E-state index in [4.69, 9.17) is 9.68 Å². The van der Waals surface area contributed by atoms with Crippen molar-refractivity contribution in [3.05, 3.63) is 48.0 Å². The van der Waals surface area contributed by atoms with E-state index in [1.807, 2.05) is 24.3 Å². The molecule has 3 rings (SSSR count). The number of nitrogens with one attached hydrogen (secondary N) is 2. The second-order valence-corrected chi connectivity index (χ2v) is 3.90. The van der Waals surface area contributed by atoms with Crippen LogP contribution in [-0.2, 0) is 6.54 Å². The molecule has 18 heavy (non-hydrogen) atoms. The van der Waals surface area contributed by atoms with Crippen LogP contribution in [0.3, 0.4) is 0 Å². The van der Waals surface area contributed by atoms with Crippen molar-refractivity contribution in [2.45, 2.75) is 6.54 Å². The molecule has 0 spiro atoms. The van der Waals surface area contributed by atoms with Gasteiger partial charge in [0, 0.05) is 11.1 Å². The summed E-state index contributed by atoms with van der Waals surface area (Å²) in [5.41, 5.74) is 1.96. The molecule has 0 bridgehead atoms.